The number of hydrogen-bond donors (Lipinski definition) is 0. The summed E-state index contributed by atoms with van der Waals surface area (Å²) in [6.07, 6.45) is 4.15. The predicted molar refractivity (Wildman–Crippen MR) is 116 cm³/mol. The number of rotatable bonds is 6. The zero-order chi connectivity index (χ0) is 21.3. The van der Waals surface area contributed by atoms with Crippen LogP contribution in [-0.4, -0.2) is 47.5 Å². The van der Waals surface area contributed by atoms with Gasteiger partial charge in [0.1, 0.15) is 17.1 Å². The van der Waals surface area contributed by atoms with Crippen LogP contribution in [-0.2, 0) is 16.4 Å². The van der Waals surface area contributed by atoms with Crippen molar-refractivity contribution in [2.75, 3.05) is 20.2 Å². The molecule has 3 aromatic rings. The standard InChI is InChI=1S/C22H28N4O3S/c1-16(2)15-21-24-20-5-4-12-23-22(20)26(21)17-10-13-25(14-11-17)30(27,28)19-8-6-18(29-3)7-9-19/h4-9,12,16-17H,10-11,13-15H2,1-3H3. The van der Waals surface area contributed by atoms with Crippen molar-refractivity contribution in [2.45, 2.75) is 44.0 Å². The van der Waals surface area contributed by atoms with Gasteiger partial charge in [-0.25, -0.2) is 18.4 Å². The lowest BCUT2D eigenvalue weighted by Gasteiger charge is -2.32. The van der Waals surface area contributed by atoms with Crippen LogP contribution in [0.25, 0.3) is 11.2 Å². The molecule has 30 heavy (non-hydrogen) atoms. The van der Waals surface area contributed by atoms with E-state index in [2.05, 4.69) is 23.4 Å². The number of pyridine rings is 1. The molecule has 0 atom stereocenters. The highest BCUT2D eigenvalue weighted by molar-refractivity contribution is 7.89. The maximum atomic E-state index is 13.1. The summed E-state index contributed by atoms with van der Waals surface area (Å²) in [7, 11) is -1.95. The zero-order valence-electron chi connectivity index (χ0n) is 17.7. The fraction of sp³-hybridized carbons (Fsp3) is 0.455. The smallest absolute Gasteiger partial charge is 0.243 e. The topological polar surface area (TPSA) is 77.3 Å². The minimum absolute atomic E-state index is 0.195. The molecule has 3 heterocycles. The number of benzene rings is 1. The van der Waals surface area contributed by atoms with Crippen molar-refractivity contribution in [3.63, 3.8) is 0 Å². The molecule has 160 valence electrons. The number of piperidine rings is 1. The van der Waals surface area contributed by atoms with Crippen LogP contribution in [0.4, 0.5) is 0 Å². The van der Waals surface area contributed by atoms with Crippen molar-refractivity contribution < 1.29 is 13.2 Å². The third kappa shape index (κ3) is 3.94. The molecule has 1 aromatic carbocycles. The van der Waals surface area contributed by atoms with Gasteiger partial charge in [-0.1, -0.05) is 13.8 Å². The summed E-state index contributed by atoms with van der Waals surface area (Å²) in [5.74, 6) is 2.16. The SMILES string of the molecule is COc1ccc(S(=O)(=O)N2CCC(n3c(CC(C)C)nc4cccnc43)CC2)cc1. The van der Waals surface area contributed by atoms with Gasteiger partial charge < -0.3 is 9.30 Å². The van der Waals surface area contributed by atoms with Gasteiger partial charge in [0.15, 0.2) is 5.65 Å². The van der Waals surface area contributed by atoms with E-state index in [4.69, 9.17) is 9.72 Å². The average molecular weight is 429 g/mol. The largest absolute Gasteiger partial charge is 0.497 e. The molecule has 2 aromatic heterocycles. The van der Waals surface area contributed by atoms with E-state index in [1.807, 2.05) is 12.1 Å². The van der Waals surface area contributed by atoms with Crippen molar-refractivity contribution >= 4 is 21.2 Å². The minimum atomic E-state index is -3.51. The molecule has 1 fully saturated rings. The Balaban J connectivity index is 1.56. The van der Waals surface area contributed by atoms with E-state index < -0.39 is 10.0 Å². The summed E-state index contributed by atoms with van der Waals surface area (Å²) in [5.41, 5.74) is 1.80. The Hall–Kier alpha value is -2.45. The molecule has 0 unspecified atom stereocenters. The number of fused-ring (bicyclic) bond motifs is 1. The molecule has 0 N–H and O–H groups in total. The van der Waals surface area contributed by atoms with Crippen molar-refractivity contribution in [1.82, 2.24) is 18.8 Å². The van der Waals surface area contributed by atoms with Crippen LogP contribution >= 0.6 is 0 Å². The minimum Gasteiger partial charge on any atom is -0.497 e. The van der Waals surface area contributed by atoms with Gasteiger partial charge in [0.25, 0.3) is 0 Å². The second kappa shape index (κ2) is 8.35. The summed E-state index contributed by atoms with van der Waals surface area (Å²) in [6, 6.07) is 10.7. The lowest BCUT2D eigenvalue weighted by atomic mass is 10.1. The van der Waals surface area contributed by atoms with Crippen LogP contribution in [0.2, 0.25) is 0 Å². The molecule has 0 saturated carbocycles. The van der Waals surface area contributed by atoms with Gasteiger partial charge in [-0.05, 0) is 55.2 Å². The zero-order valence-corrected chi connectivity index (χ0v) is 18.5. The normalized spacial score (nSPS) is 16.4. The highest BCUT2D eigenvalue weighted by Gasteiger charge is 2.31. The number of ether oxygens (including phenoxy) is 1. The molecule has 8 heteroatoms. The second-order valence-corrected chi connectivity index (χ2v) is 10.1. The number of aromatic nitrogens is 3. The summed E-state index contributed by atoms with van der Waals surface area (Å²) < 4.78 is 35.1. The molecule has 4 rings (SSSR count). The summed E-state index contributed by atoms with van der Waals surface area (Å²) >= 11 is 0. The van der Waals surface area contributed by atoms with E-state index in [0.717, 1.165) is 36.3 Å². The van der Waals surface area contributed by atoms with E-state index in [-0.39, 0.29) is 6.04 Å². The first-order chi connectivity index (χ1) is 14.4. The fourth-order valence-electron chi connectivity index (χ4n) is 4.11. The molecular formula is C22H28N4O3S. The Morgan fingerprint density at radius 2 is 1.83 bits per heavy atom. The molecular weight excluding hydrogens is 400 g/mol. The number of sulfonamides is 1. The third-order valence-corrected chi connectivity index (χ3v) is 7.51. The van der Waals surface area contributed by atoms with Crippen LogP contribution in [0.5, 0.6) is 5.75 Å². The molecule has 1 aliphatic heterocycles. The predicted octanol–water partition coefficient (Wildman–Crippen LogP) is 3.66. The van der Waals surface area contributed by atoms with Gasteiger partial charge in [-0.2, -0.15) is 4.31 Å². The third-order valence-electron chi connectivity index (χ3n) is 5.60. The molecule has 0 bridgehead atoms. The van der Waals surface area contributed by atoms with Crippen molar-refractivity contribution in [3.8, 4) is 5.75 Å². The van der Waals surface area contributed by atoms with Gasteiger partial charge in [-0.3, -0.25) is 0 Å². The van der Waals surface area contributed by atoms with Crippen LogP contribution in [0.3, 0.4) is 0 Å². The van der Waals surface area contributed by atoms with E-state index in [1.54, 1.807) is 41.9 Å². The quantitative estimate of drug-likeness (QED) is 0.599. The Labute approximate surface area is 177 Å². The molecule has 1 aliphatic rings. The Morgan fingerprint density at radius 3 is 2.47 bits per heavy atom. The maximum absolute atomic E-state index is 13.1. The lowest BCUT2D eigenvalue weighted by Crippen LogP contribution is -2.39. The highest BCUT2D eigenvalue weighted by atomic mass is 32.2. The van der Waals surface area contributed by atoms with Gasteiger partial charge in [0, 0.05) is 31.7 Å². The number of methoxy groups -OCH3 is 1. The molecule has 0 amide bonds. The van der Waals surface area contributed by atoms with Crippen molar-refractivity contribution in [3.05, 3.63) is 48.4 Å². The van der Waals surface area contributed by atoms with Gasteiger partial charge in [0.05, 0.1) is 12.0 Å². The molecule has 0 radical (unpaired) electrons. The highest BCUT2D eigenvalue weighted by Crippen LogP contribution is 2.31. The number of imidazole rings is 1. The summed E-state index contributed by atoms with van der Waals surface area (Å²) in [4.78, 5) is 9.69. The van der Waals surface area contributed by atoms with Gasteiger partial charge >= 0.3 is 0 Å². The number of nitrogens with zero attached hydrogens (tertiary/aromatic N) is 4. The van der Waals surface area contributed by atoms with Crippen LogP contribution < -0.4 is 4.74 Å². The van der Waals surface area contributed by atoms with Crippen molar-refractivity contribution in [2.24, 2.45) is 5.92 Å². The van der Waals surface area contributed by atoms with Crippen molar-refractivity contribution in [1.29, 1.82) is 0 Å². The van der Waals surface area contributed by atoms with Crippen LogP contribution in [0, 0.1) is 5.92 Å². The van der Waals surface area contributed by atoms with E-state index in [0.29, 0.717) is 29.7 Å². The van der Waals surface area contributed by atoms with E-state index >= 15 is 0 Å². The Bertz CT molecular complexity index is 1110. The van der Waals surface area contributed by atoms with Gasteiger partial charge in [0.2, 0.25) is 10.0 Å². The summed E-state index contributed by atoms with van der Waals surface area (Å²) in [6.45, 7) is 5.32. The average Bonchev–Trinajstić information content (AvgIpc) is 3.11. The summed E-state index contributed by atoms with van der Waals surface area (Å²) in [5, 5.41) is 0. The fourth-order valence-corrected chi connectivity index (χ4v) is 5.58. The van der Waals surface area contributed by atoms with E-state index in [1.165, 1.54) is 0 Å². The first-order valence-corrected chi connectivity index (χ1v) is 11.8. The first kappa shape index (κ1) is 20.8. The molecule has 1 saturated heterocycles. The lowest BCUT2D eigenvalue weighted by molar-refractivity contribution is 0.272. The second-order valence-electron chi connectivity index (χ2n) is 8.15. The number of hydrogen-bond acceptors (Lipinski definition) is 5. The van der Waals surface area contributed by atoms with E-state index in [9.17, 15) is 8.42 Å². The molecule has 7 nitrogen and oxygen atoms in total. The first-order valence-electron chi connectivity index (χ1n) is 10.4. The maximum Gasteiger partial charge on any atom is 0.243 e. The Kier molecular flexibility index (Phi) is 5.79. The van der Waals surface area contributed by atoms with Gasteiger partial charge in [-0.15, -0.1) is 0 Å². The Morgan fingerprint density at radius 1 is 1.13 bits per heavy atom. The monoisotopic (exact) mass is 428 g/mol. The molecule has 0 aliphatic carbocycles. The van der Waals surface area contributed by atoms with Crippen LogP contribution in [0.15, 0.2) is 47.5 Å². The van der Waals surface area contributed by atoms with Crippen LogP contribution in [0.1, 0.15) is 38.6 Å². The molecule has 0 spiro atoms.